The molecule has 170 valence electrons. The van der Waals surface area contributed by atoms with Crippen LogP contribution in [0.2, 0.25) is 10.0 Å². The minimum absolute atomic E-state index is 0.252. The first-order chi connectivity index (χ1) is 14.8. The van der Waals surface area contributed by atoms with Gasteiger partial charge in [-0.25, -0.2) is 0 Å². The maximum atomic E-state index is 10.5. The fraction of sp³-hybridized carbons (Fsp3) is 0.500. The fourth-order valence-electron chi connectivity index (χ4n) is 3.97. The zero-order valence-electron chi connectivity index (χ0n) is 18.2. The zero-order valence-corrected chi connectivity index (χ0v) is 19.7. The van der Waals surface area contributed by atoms with E-state index in [1.54, 1.807) is 6.07 Å². The van der Waals surface area contributed by atoms with E-state index in [1.807, 2.05) is 44.2 Å². The van der Waals surface area contributed by atoms with Gasteiger partial charge in [0.1, 0.15) is 18.5 Å². The van der Waals surface area contributed by atoms with Gasteiger partial charge in [-0.1, -0.05) is 29.3 Å². The Hall–Kier alpha value is -1.34. The molecule has 1 saturated heterocycles. The molecule has 2 aromatic rings. The number of piperazine rings is 1. The number of hydrogen-bond acceptors (Lipinski definition) is 5. The second-order valence-corrected chi connectivity index (χ2v) is 9.28. The van der Waals surface area contributed by atoms with Crippen LogP contribution in [-0.4, -0.2) is 78.1 Å². The summed E-state index contributed by atoms with van der Waals surface area (Å²) in [6.45, 7) is 8.92. The minimum Gasteiger partial charge on any atom is -0.491 e. The summed E-state index contributed by atoms with van der Waals surface area (Å²) in [5.74, 6) is 0.748. The lowest BCUT2D eigenvalue weighted by molar-refractivity contribution is 0.0333. The second-order valence-electron chi connectivity index (χ2n) is 8.40. The molecule has 0 radical (unpaired) electrons. The summed E-state index contributed by atoms with van der Waals surface area (Å²) in [7, 11) is 0. The number of rotatable bonds is 9. The van der Waals surface area contributed by atoms with Gasteiger partial charge in [0.2, 0.25) is 0 Å². The van der Waals surface area contributed by atoms with Crippen molar-refractivity contribution in [3.63, 3.8) is 0 Å². The summed E-state index contributed by atoms with van der Waals surface area (Å²) < 4.78 is 5.76. The molecule has 0 aromatic heterocycles. The third-order valence-corrected chi connectivity index (χ3v) is 6.20. The quantitative estimate of drug-likeness (QED) is 0.591. The summed E-state index contributed by atoms with van der Waals surface area (Å²) in [4.78, 5) is 4.53. The van der Waals surface area contributed by atoms with Crippen molar-refractivity contribution >= 4 is 23.2 Å². The third kappa shape index (κ3) is 7.63. The van der Waals surface area contributed by atoms with Crippen molar-refractivity contribution < 1.29 is 14.9 Å². The van der Waals surface area contributed by atoms with Crippen LogP contribution in [0.1, 0.15) is 16.7 Å². The van der Waals surface area contributed by atoms with Gasteiger partial charge in [0.05, 0.1) is 6.10 Å². The van der Waals surface area contributed by atoms with Crippen LogP contribution >= 0.6 is 23.2 Å². The Morgan fingerprint density at radius 3 is 1.97 bits per heavy atom. The van der Waals surface area contributed by atoms with Crippen molar-refractivity contribution in [3.05, 3.63) is 63.1 Å². The average molecular weight is 467 g/mol. The van der Waals surface area contributed by atoms with Crippen molar-refractivity contribution in [2.24, 2.45) is 0 Å². The summed E-state index contributed by atoms with van der Waals surface area (Å²) in [5, 5.41) is 22.3. The monoisotopic (exact) mass is 466 g/mol. The summed E-state index contributed by atoms with van der Waals surface area (Å²) in [5.41, 5.74) is 3.21. The lowest BCUT2D eigenvalue weighted by atomic mass is 10.0. The van der Waals surface area contributed by atoms with Crippen LogP contribution < -0.4 is 4.74 Å². The topological polar surface area (TPSA) is 56.2 Å². The molecule has 1 fully saturated rings. The van der Waals surface area contributed by atoms with E-state index in [0.29, 0.717) is 24.5 Å². The van der Waals surface area contributed by atoms with Gasteiger partial charge in [0.25, 0.3) is 0 Å². The maximum absolute atomic E-state index is 10.5. The number of aryl methyl sites for hydroxylation is 2. The van der Waals surface area contributed by atoms with Crippen molar-refractivity contribution in [1.29, 1.82) is 0 Å². The molecule has 1 aliphatic heterocycles. The highest BCUT2D eigenvalue weighted by Crippen LogP contribution is 2.22. The molecule has 0 amide bonds. The van der Waals surface area contributed by atoms with E-state index in [9.17, 15) is 10.2 Å². The largest absolute Gasteiger partial charge is 0.491 e. The smallest absolute Gasteiger partial charge is 0.122 e. The highest BCUT2D eigenvalue weighted by molar-refractivity contribution is 6.30. The highest BCUT2D eigenvalue weighted by Gasteiger charge is 2.21. The summed E-state index contributed by atoms with van der Waals surface area (Å²) >= 11 is 12.0. The molecule has 0 saturated carbocycles. The Labute approximate surface area is 195 Å². The number of β-amino-alcohol motifs (C(OH)–C–C–N with tert-alkyl or cyclic N) is 2. The number of aliphatic hydroxyl groups excluding tert-OH is 2. The molecule has 2 aromatic carbocycles. The Balaban J connectivity index is 1.37. The SMILES string of the molecule is Cc1cc(Cl)ccc1C[C@H](O)CN1CCN(C[C@H](O)COc2ccc(Cl)cc2C)CC1. The first-order valence-electron chi connectivity index (χ1n) is 10.7. The van der Waals surface area contributed by atoms with Gasteiger partial charge in [-0.05, 0) is 67.3 Å². The summed E-state index contributed by atoms with van der Waals surface area (Å²) in [6, 6.07) is 11.3. The molecule has 0 bridgehead atoms. The lowest BCUT2D eigenvalue weighted by Gasteiger charge is -2.36. The molecule has 1 heterocycles. The number of halogens is 2. The van der Waals surface area contributed by atoms with Gasteiger partial charge in [-0.3, -0.25) is 9.80 Å². The molecule has 31 heavy (non-hydrogen) atoms. The predicted octanol–water partition coefficient (Wildman–Crippen LogP) is 3.57. The number of hydrogen-bond donors (Lipinski definition) is 2. The van der Waals surface area contributed by atoms with Crippen molar-refractivity contribution in [1.82, 2.24) is 9.80 Å². The van der Waals surface area contributed by atoms with Crippen LogP contribution in [0.5, 0.6) is 5.75 Å². The fourth-order valence-corrected chi connectivity index (χ4v) is 4.42. The van der Waals surface area contributed by atoms with Gasteiger partial charge >= 0.3 is 0 Å². The van der Waals surface area contributed by atoms with Gasteiger partial charge in [-0.2, -0.15) is 0 Å². The van der Waals surface area contributed by atoms with E-state index in [4.69, 9.17) is 27.9 Å². The van der Waals surface area contributed by atoms with E-state index in [0.717, 1.165) is 53.6 Å². The average Bonchev–Trinajstić information content (AvgIpc) is 2.71. The molecule has 0 unspecified atom stereocenters. The number of nitrogens with zero attached hydrogens (tertiary/aromatic N) is 2. The molecule has 2 N–H and O–H groups in total. The third-order valence-electron chi connectivity index (χ3n) is 5.73. The van der Waals surface area contributed by atoms with E-state index in [1.165, 1.54) is 0 Å². The van der Waals surface area contributed by atoms with Crippen LogP contribution in [0.15, 0.2) is 36.4 Å². The number of aliphatic hydroxyl groups is 2. The zero-order chi connectivity index (χ0) is 22.4. The Morgan fingerprint density at radius 1 is 0.839 bits per heavy atom. The van der Waals surface area contributed by atoms with Crippen molar-refractivity contribution in [3.8, 4) is 5.75 Å². The first kappa shape index (κ1) is 24.3. The van der Waals surface area contributed by atoms with Gasteiger partial charge in [0, 0.05) is 49.3 Å². The second kappa shape index (κ2) is 11.5. The lowest BCUT2D eigenvalue weighted by Crippen LogP contribution is -2.50. The van der Waals surface area contributed by atoms with Crippen LogP contribution in [0.25, 0.3) is 0 Å². The molecule has 1 aliphatic rings. The minimum atomic E-state index is -0.555. The van der Waals surface area contributed by atoms with E-state index in [2.05, 4.69) is 9.80 Å². The van der Waals surface area contributed by atoms with E-state index >= 15 is 0 Å². The van der Waals surface area contributed by atoms with Gasteiger partial charge < -0.3 is 14.9 Å². The number of ether oxygens (including phenoxy) is 1. The first-order valence-corrected chi connectivity index (χ1v) is 11.5. The van der Waals surface area contributed by atoms with Crippen molar-refractivity contribution in [2.45, 2.75) is 32.5 Å². The summed E-state index contributed by atoms with van der Waals surface area (Å²) in [6.07, 6.45) is -0.336. The van der Waals surface area contributed by atoms with E-state index in [-0.39, 0.29) is 6.61 Å². The molecular weight excluding hydrogens is 435 g/mol. The van der Waals surface area contributed by atoms with E-state index < -0.39 is 12.2 Å². The van der Waals surface area contributed by atoms with Crippen LogP contribution in [-0.2, 0) is 6.42 Å². The Bertz CT molecular complexity index is 857. The maximum Gasteiger partial charge on any atom is 0.122 e. The molecule has 0 spiro atoms. The number of benzene rings is 2. The van der Waals surface area contributed by atoms with Crippen LogP contribution in [0.4, 0.5) is 0 Å². The molecule has 2 atom stereocenters. The standard InChI is InChI=1S/C24H32Cl2N2O3/c1-17-11-20(25)4-3-19(17)13-22(29)14-27-7-9-28(10-8-27)15-23(30)16-31-24-6-5-21(26)12-18(24)2/h3-6,11-12,22-23,29-30H,7-10,13-16H2,1-2H3/t22-,23-/m0/s1. The van der Waals surface area contributed by atoms with Crippen LogP contribution in [0, 0.1) is 13.8 Å². The normalized spacial score (nSPS) is 17.5. The van der Waals surface area contributed by atoms with Gasteiger partial charge in [-0.15, -0.1) is 0 Å². The molecule has 3 rings (SSSR count). The molecule has 7 heteroatoms. The predicted molar refractivity (Wildman–Crippen MR) is 126 cm³/mol. The molecule has 5 nitrogen and oxygen atoms in total. The van der Waals surface area contributed by atoms with Crippen LogP contribution in [0.3, 0.4) is 0 Å². The Morgan fingerprint density at radius 2 is 1.39 bits per heavy atom. The highest BCUT2D eigenvalue weighted by atomic mass is 35.5. The molecule has 0 aliphatic carbocycles. The molecular formula is C24H32Cl2N2O3. The Kier molecular flexibility index (Phi) is 9.02. The van der Waals surface area contributed by atoms with Gasteiger partial charge in [0.15, 0.2) is 0 Å². The van der Waals surface area contributed by atoms with Crippen molar-refractivity contribution in [2.75, 3.05) is 45.9 Å².